The summed E-state index contributed by atoms with van der Waals surface area (Å²) in [6.45, 7) is 2.51. The van der Waals surface area contributed by atoms with Gasteiger partial charge >= 0.3 is 5.97 Å². The van der Waals surface area contributed by atoms with E-state index in [1.165, 1.54) is 0 Å². The molecule has 0 aromatic carbocycles. The molecule has 11 heteroatoms. The Balaban J connectivity index is 1.67. The third-order valence-corrected chi connectivity index (χ3v) is 6.60. The van der Waals surface area contributed by atoms with Gasteiger partial charge in [-0.2, -0.15) is 4.98 Å². The number of aliphatic carboxylic acids is 1. The predicted octanol–water partition coefficient (Wildman–Crippen LogP) is -0.984. The number of carboxylic acid groups (broad SMARTS) is 1. The van der Waals surface area contributed by atoms with Gasteiger partial charge in [-0.3, -0.25) is 14.6 Å². The molecule has 0 unspecified atom stereocenters. The van der Waals surface area contributed by atoms with Crippen molar-refractivity contribution >= 4 is 15.8 Å². The van der Waals surface area contributed by atoms with Crippen LogP contribution in [0.15, 0.2) is 4.52 Å². The molecule has 0 saturated carbocycles. The van der Waals surface area contributed by atoms with E-state index < -0.39 is 15.8 Å². The minimum Gasteiger partial charge on any atom is -0.481 e. The number of hydrogen-bond donors (Lipinski definition) is 1. The molecule has 1 aromatic rings. The average molecular weight is 388 g/mol. The number of piperazine rings is 1. The number of fused-ring (bicyclic) bond motifs is 1. The maximum absolute atomic E-state index is 12.2. The van der Waals surface area contributed by atoms with Gasteiger partial charge in [-0.25, -0.2) is 8.42 Å². The van der Waals surface area contributed by atoms with Gasteiger partial charge in [0.1, 0.15) is 0 Å². The second kappa shape index (κ2) is 7.99. The number of nitrogens with zero attached hydrogens (tertiary/aromatic N) is 4. The number of carboxylic acids is 1. The number of aromatic nitrogens is 2. The van der Waals surface area contributed by atoms with Crippen LogP contribution in [0.4, 0.5) is 0 Å². The van der Waals surface area contributed by atoms with Gasteiger partial charge in [0.05, 0.1) is 31.1 Å². The fourth-order valence-electron chi connectivity index (χ4n) is 3.63. The first-order chi connectivity index (χ1) is 12.4. The highest BCUT2D eigenvalue weighted by Gasteiger charge is 2.46. The van der Waals surface area contributed by atoms with Crippen molar-refractivity contribution in [1.29, 1.82) is 0 Å². The van der Waals surface area contributed by atoms with E-state index in [0.29, 0.717) is 50.9 Å². The van der Waals surface area contributed by atoms with Crippen LogP contribution in [-0.2, 0) is 32.3 Å². The number of sulfone groups is 1. The van der Waals surface area contributed by atoms with Crippen molar-refractivity contribution in [2.75, 3.05) is 44.9 Å². The maximum atomic E-state index is 12.2. The van der Waals surface area contributed by atoms with Crippen molar-refractivity contribution in [3.05, 3.63) is 11.7 Å². The Hall–Kier alpha value is -1.56. The predicted molar refractivity (Wildman–Crippen MR) is 90.3 cm³/mol. The molecule has 1 N–H and O–H groups in total. The molecule has 26 heavy (non-hydrogen) atoms. The van der Waals surface area contributed by atoms with Crippen molar-refractivity contribution in [3.8, 4) is 0 Å². The van der Waals surface area contributed by atoms with Crippen LogP contribution in [0.1, 0.15) is 18.1 Å². The van der Waals surface area contributed by atoms with Gasteiger partial charge in [0.2, 0.25) is 5.89 Å². The largest absolute Gasteiger partial charge is 0.481 e. The van der Waals surface area contributed by atoms with Crippen LogP contribution in [0.2, 0.25) is 0 Å². The molecule has 3 heterocycles. The molecule has 10 nitrogen and oxygen atoms in total. The summed E-state index contributed by atoms with van der Waals surface area (Å²) in [7, 11) is -1.54. The minimum atomic E-state index is -3.15. The van der Waals surface area contributed by atoms with E-state index >= 15 is 0 Å². The van der Waals surface area contributed by atoms with E-state index in [-0.39, 0.29) is 30.0 Å². The van der Waals surface area contributed by atoms with Crippen LogP contribution in [0.5, 0.6) is 0 Å². The number of carbonyl (C=O) groups is 1. The van der Waals surface area contributed by atoms with E-state index in [9.17, 15) is 13.2 Å². The normalized spacial score (nSPS) is 26.0. The molecule has 0 spiro atoms. The Bertz CT molecular complexity index is 736. The lowest BCUT2D eigenvalue weighted by atomic mass is 10.0. The zero-order chi connectivity index (χ0) is 18.7. The zero-order valence-corrected chi connectivity index (χ0v) is 15.5. The summed E-state index contributed by atoms with van der Waals surface area (Å²) >= 11 is 0. The van der Waals surface area contributed by atoms with E-state index in [1.54, 1.807) is 7.11 Å². The molecule has 2 saturated heterocycles. The van der Waals surface area contributed by atoms with Crippen molar-refractivity contribution in [2.24, 2.45) is 0 Å². The monoisotopic (exact) mass is 388 g/mol. The molecule has 3 rings (SSSR count). The van der Waals surface area contributed by atoms with E-state index in [2.05, 4.69) is 15.0 Å². The van der Waals surface area contributed by atoms with Crippen LogP contribution < -0.4 is 0 Å². The van der Waals surface area contributed by atoms with Gasteiger partial charge in [0.25, 0.3) is 0 Å². The zero-order valence-electron chi connectivity index (χ0n) is 14.7. The van der Waals surface area contributed by atoms with Crippen LogP contribution >= 0.6 is 0 Å². The van der Waals surface area contributed by atoms with Gasteiger partial charge in [0, 0.05) is 45.2 Å². The number of methoxy groups -OCH3 is 1. The first-order valence-corrected chi connectivity index (χ1v) is 10.4. The lowest BCUT2D eigenvalue weighted by Gasteiger charge is -2.43. The van der Waals surface area contributed by atoms with Gasteiger partial charge in [0.15, 0.2) is 15.7 Å². The highest BCUT2D eigenvalue weighted by molar-refractivity contribution is 7.91. The number of ether oxygens (including phenoxy) is 1. The lowest BCUT2D eigenvalue weighted by Crippen LogP contribution is -2.58. The molecular formula is C15H24N4O6S. The fraction of sp³-hybridized carbons (Fsp3) is 0.800. The molecule has 2 atom stereocenters. The lowest BCUT2D eigenvalue weighted by molar-refractivity contribution is -0.137. The smallest absolute Gasteiger partial charge is 0.304 e. The van der Waals surface area contributed by atoms with Gasteiger partial charge in [-0.1, -0.05) is 5.16 Å². The fourth-order valence-corrected chi connectivity index (χ4v) is 5.68. The van der Waals surface area contributed by atoms with Crippen LogP contribution in [-0.4, -0.2) is 96.4 Å². The molecule has 2 aliphatic heterocycles. The summed E-state index contributed by atoms with van der Waals surface area (Å²) in [5.41, 5.74) is 0. The molecular weight excluding hydrogens is 364 g/mol. The second-order valence-corrected chi connectivity index (χ2v) is 8.86. The SMILES string of the molecule is COCCc1noc(CN2CCN(CCC(=O)O)[C@@H]3CS(=O)(=O)C[C@@H]32)n1. The third-order valence-electron chi connectivity index (χ3n) is 4.90. The Kier molecular flexibility index (Phi) is 5.90. The Labute approximate surface area is 152 Å². The second-order valence-electron chi connectivity index (χ2n) is 6.71. The molecule has 0 amide bonds. The Morgan fingerprint density at radius 3 is 2.69 bits per heavy atom. The van der Waals surface area contributed by atoms with E-state index in [4.69, 9.17) is 14.4 Å². The van der Waals surface area contributed by atoms with Crippen molar-refractivity contribution in [3.63, 3.8) is 0 Å². The first-order valence-electron chi connectivity index (χ1n) is 8.58. The van der Waals surface area contributed by atoms with Crippen LogP contribution in [0, 0.1) is 0 Å². The van der Waals surface area contributed by atoms with Crippen molar-refractivity contribution in [2.45, 2.75) is 31.5 Å². The Morgan fingerprint density at radius 2 is 2.00 bits per heavy atom. The first kappa shape index (κ1) is 19.2. The molecule has 2 fully saturated rings. The molecule has 1 aromatic heterocycles. The Morgan fingerprint density at radius 1 is 1.31 bits per heavy atom. The number of hydrogen-bond acceptors (Lipinski definition) is 9. The minimum absolute atomic E-state index is 0.00971. The van der Waals surface area contributed by atoms with Gasteiger partial charge < -0.3 is 14.4 Å². The summed E-state index contributed by atoms with van der Waals surface area (Å²) < 4.78 is 34.6. The van der Waals surface area contributed by atoms with Gasteiger partial charge in [-0.15, -0.1) is 0 Å². The molecule has 2 aliphatic rings. The summed E-state index contributed by atoms with van der Waals surface area (Å²) in [5, 5.41) is 12.8. The van der Waals surface area contributed by atoms with E-state index in [0.717, 1.165) is 0 Å². The summed E-state index contributed by atoms with van der Waals surface area (Å²) in [6.07, 6.45) is 0.569. The summed E-state index contributed by atoms with van der Waals surface area (Å²) in [6, 6.07) is -0.374. The number of rotatable bonds is 8. The quantitative estimate of drug-likeness (QED) is 0.593. The summed E-state index contributed by atoms with van der Waals surface area (Å²) in [4.78, 5) is 19.2. The molecule has 0 aliphatic carbocycles. The molecule has 0 radical (unpaired) electrons. The highest BCUT2D eigenvalue weighted by Crippen LogP contribution is 2.28. The van der Waals surface area contributed by atoms with Crippen LogP contribution in [0.25, 0.3) is 0 Å². The highest BCUT2D eigenvalue weighted by atomic mass is 32.2. The van der Waals surface area contributed by atoms with Gasteiger partial charge in [-0.05, 0) is 0 Å². The van der Waals surface area contributed by atoms with Crippen molar-refractivity contribution < 1.29 is 27.6 Å². The van der Waals surface area contributed by atoms with Crippen molar-refractivity contribution in [1.82, 2.24) is 19.9 Å². The average Bonchev–Trinajstić information content (AvgIpc) is 3.15. The standard InChI is InChI=1S/C15H24N4O6S/c1-24-7-3-13-16-14(25-17-13)8-19-6-5-18(4-2-15(20)21)11-9-26(22,23)10-12(11)19/h11-12H,2-10H2,1H3,(H,20,21)/t11-,12+/m1/s1. The molecule has 146 valence electrons. The summed E-state index contributed by atoms with van der Waals surface area (Å²) in [5.74, 6) is 0.290. The van der Waals surface area contributed by atoms with E-state index in [1.807, 2.05) is 4.90 Å². The third kappa shape index (κ3) is 4.58. The topological polar surface area (TPSA) is 126 Å². The maximum Gasteiger partial charge on any atom is 0.304 e. The van der Waals surface area contributed by atoms with Crippen LogP contribution in [0.3, 0.4) is 0 Å². The molecule has 0 bridgehead atoms.